The van der Waals surface area contributed by atoms with Crippen molar-refractivity contribution in [3.63, 3.8) is 0 Å². The van der Waals surface area contributed by atoms with Gasteiger partial charge in [0.25, 0.3) is 5.91 Å². The Balaban J connectivity index is 2.33. The fourth-order valence-electron chi connectivity index (χ4n) is 2.09. The molecule has 1 aromatic rings. The molecule has 1 aliphatic heterocycles. The highest BCUT2D eigenvalue weighted by molar-refractivity contribution is 6.35. The molecule has 2 rings (SSSR count). The van der Waals surface area contributed by atoms with E-state index in [9.17, 15) is 14.7 Å². The van der Waals surface area contributed by atoms with Crippen LogP contribution in [0.2, 0.25) is 10.0 Å². The van der Waals surface area contributed by atoms with Crippen molar-refractivity contribution in [1.29, 1.82) is 0 Å². The van der Waals surface area contributed by atoms with Crippen LogP contribution >= 0.6 is 23.2 Å². The summed E-state index contributed by atoms with van der Waals surface area (Å²) in [6.07, 6.45) is -0.831. The molecule has 2 N–H and O–H groups in total. The molecular weight excluding hydrogens is 293 g/mol. The third-order valence-electron chi connectivity index (χ3n) is 2.98. The molecule has 19 heavy (non-hydrogen) atoms. The van der Waals surface area contributed by atoms with E-state index in [1.54, 1.807) is 0 Å². The quantitative estimate of drug-likeness (QED) is 0.871. The molecule has 1 fully saturated rings. The highest BCUT2D eigenvalue weighted by atomic mass is 35.5. The number of β-amino-alcohol motifs (C(OH)–C–C–N with tert-alkyl or cyclic N) is 1. The summed E-state index contributed by atoms with van der Waals surface area (Å²) in [5.41, 5.74) is 0.134. The molecule has 5 nitrogen and oxygen atoms in total. The number of nitrogens with zero attached hydrogens (tertiary/aromatic N) is 1. The standard InChI is InChI=1S/C12H11Cl2NO4/c13-6-1-2-9(14)8(3-6)11(17)15-5-7(16)4-10(15)12(18)19/h1-3,7,10,16H,4-5H2,(H,18,19)/t7-,10-/m1/s1. The highest BCUT2D eigenvalue weighted by Crippen LogP contribution is 2.26. The lowest BCUT2D eigenvalue weighted by atomic mass is 10.1. The van der Waals surface area contributed by atoms with Crippen LogP contribution in [0, 0.1) is 0 Å². The fourth-order valence-corrected chi connectivity index (χ4v) is 2.46. The number of carbonyl (C=O) groups is 2. The van der Waals surface area contributed by atoms with E-state index in [4.69, 9.17) is 28.3 Å². The Kier molecular flexibility index (Phi) is 3.99. The number of rotatable bonds is 2. The van der Waals surface area contributed by atoms with Crippen molar-refractivity contribution < 1.29 is 19.8 Å². The van der Waals surface area contributed by atoms with Gasteiger partial charge in [-0.1, -0.05) is 23.2 Å². The van der Waals surface area contributed by atoms with Crippen molar-refractivity contribution in [1.82, 2.24) is 4.90 Å². The lowest BCUT2D eigenvalue weighted by molar-refractivity contribution is -0.141. The molecule has 0 saturated carbocycles. The summed E-state index contributed by atoms with van der Waals surface area (Å²) in [4.78, 5) is 24.5. The zero-order valence-corrected chi connectivity index (χ0v) is 11.2. The molecule has 2 atom stereocenters. The average Bonchev–Trinajstić information content (AvgIpc) is 2.74. The smallest absolute Gasteiger partial charge is 0.326 e. The summed E-state index contributed by atoms with van der Waals surface area (Å²) < 4.78 is 0. The lowest BCUT2D eigenvalue weighted by Crippen LogP contribution is -2.40. The van der Waals surface area contributed by atoms with Gasteiger partial charge in [0.05, 0.1) is 16.7 Å². The molecule has 0 unspecified atom stereocenters. The third kappa shape index (κ3) is 2.83. The number of carbonyl (C=O) groups excluding carboxylic acids is 1. The van der Waals surface area contributed by atoms with Gasteiger partial charge >= 0.3 is 5.97 Å². The molecule has 7 heteroatoms. The fraction of sp³-hybridized carbons (Fsp3) is 0.333. The molecule has 0 aliphatic carbocycles. The number of aliphatic hydroxyl groups excluding tert-OH is 1. The van der Waals surface area contributed by atoms with E-state index >= 15 is 0 Å². The number of carboxylic acid groups (broad SMARTS) is 1. The molecule has 0 bridgehead atoms. The number of hydrogen-bond donors (Lipinski definition) is 2. The van der Waals surface area contributed by atoms with Crippen LogP contribution < -0.4 is 0 Å². The van der Waals surface area contributed by atoms with Crippen LogP contribution in [0.5, 0.6) is 0 Å². The normalized spacial score (nSPS) is 22.6. The Hall–Kier alpha value is -1.30. The Morgan fingerprint density at radius 3 is 2.63 bits per heavy atom. The second kappa shape index (κ2) is 5.36. The monoisotopic (exact) mass is 303 g/mol. The van der Waals surface area contributed by atoms with Crippen molar-refractivity contribution in [2.45, 2.75) is 18.6 Å². The van der Waals surface area contributed by atoms with Gasteiger partial charge in [-0.3, -0.25) is 4.79 Å². The van der Waals surface area contributed by atoms with Crippen molar-refractivity contribution in [2.24, 2.45) is 0 Å². The van der Waals surface area contributed by atoms with Gasteiger partial charge in [-0.25, -0.2) is 4.79 Å². The zero-order chi connectivity index (χ0) is 14.2. The van der Waals surface area contributed by atoms with Gasteiger partial charge in [-0.05, 0) is 18.2 Å². The maximum Gasteiger partial charge on any atom is 0.326 e. The molecule has 1 saturated heterocycles. The van der Waals surface area contributed by atoms with E-state index in [0.717, 1.165) is 4.90 Å². The van der Waals surface area contributed by atoms with Gasteiger partial charge in [0.2, 0.25) is 0 Å². The Labute approximate surface area is 119 Å². The number of amides is 1. The van der Waals surface area contributed by atoms with Crippen LogP contribution in [0.4, 0.5) is 0 Å². The molecule has 0 radical (unpaired) electrons. The van der Waals surface area contributed by atoms with E-state index in [1.807, 2.05) is 0 Å². The molecule has 0 spiro atoms. The first-order chi connectivity index (χ1) is 8.90. The maximum absolute atomic E-state index is 12.3. The molecular formula is C12H11Cl2NO4. The van der Waals surface area contributed by atoms with Gasteiger partial charge in [0.15, 0.2) is 0 Å². The summed E-state index contributed by atoms with van der Waals surface area (Å²) in [6.45, 7) is -0.0291. The highest BCUT2D eigenvalue weighted by Gasteiger charge is 2.39. The van der Waals surface area contributed by atoms with Crippen LogP contribution in [0.25, 0.3) is 0 Å². The van der Waals surface area contributed by atoms with E-state index in [-0.39, 0.29) is 23.6 Å². The van der Waals surface area contributed by atoms with Crippen LogP contribution in [0.15, 0.2) is 18.2 Å². The molecule has 102 valence electrons. The number of hydrogen-bond acceptors (Lipinski definition) is 3. The number of likely N-dealkylation sites (tertiary alicyclic amines) is 1. The first-order valence-corrected chi connectivity index (χ1v) is 6.32. The average molecular weight is 304 g/mol. The minimum absolute atomic E-state index is 0.0132. The van der Waals surface area contributed by atoms with Crippen molar-refractivity contribution >= 4 is 35.1 Å². The molecule has 1 aromatic carbocycles. The van der Waals surface area contributed by atoms with Gasteiger partial charge in [0, 0.05) is 18.0 Å². The van der Waals surface area contributed by atoms with E-state index in [1.165, 1.54) is 18.2 Å². The van der Waals surface area contributed by atoms with E-state index in [0.29, 0.717) is 5.02 Å². The number of aliphatic hydroxyl groups is 1. The first kappa shape index (κ1) is 14.1. The molecule has 1 heterocycles. The van der Waals surface area contributed by atoms with Gasteiger partial charge in [-0.15, -0.1) is 0 Å². The third-order valence-corrected chi connectivity index (χ3v) is 3.55. The summed E-state index contributed by atoms with van der Waals surface area (Å²) in [5.74, 6) is -1.69. The van der Waals surface area contributed by atoms with Gasteiger partial charge in [0.1, 0.15) is 6.04 Å². The largest absolute Gasteiger partial charge is 0.480 e. The first-order valence-electron chi connectivity index (χ1n) is 5.57. The predicted octanol–water partition coefficient (Wildman–Crippen LogP) is 1.65. The number of aliphatic carboxylic acids is 1. The van der Waals surface area contributed by atoms with Gasteiger partial charge < -0.3 is 15.1 Å². The molecule has 1 aliphatic rings. The van der Waals surface area contributed by atoms with Gasteiger partial charge in [-0.2, -0.15) is 0 Å². The summed E-state index contributed by atoms with van der Waals surface area (Å²) in [5, 5.41) is 19.1. The topological polar surface area (TPSA) is 77.8 Å². The summed E-state index contributed by atoms with van der Waals surface area (Å²) >= 11 is 11.7. The lowest BCUT2D eigenvalue weighted by Gasteiger charge is -2.21. The Morgan fingerprint density at radius 2 is 2.00 bits per heavy atom. The van der Waals surface area contributed by atoms with E-state index in [2.05, 4.69) is 0 Å². The predicted molar refractivity (Wildman–Crippen MR) is 69.5 cm³/mol. The van der Waals surface area contributed by atoms with Crippen molar-refractivity contribution in [3.05, 3.63) is 33.8 Å². The minimum atomic E-state index is -1.15. The van der Waals surface area contributed by atoms with Crippen LogP contribution in [0.1, 0.15) is 16.8 Å². The minimum Gasteiger partial charge on any atom is -0.480 e. The number of benzene rings is 1. The van der Waals surface area contributed by atoms with Crippen LogP contribution in [-0.4, -0.2) is 45.7 Å². The number of halogens is 2. The molecule has 1 amide bonds. The van der Waals surface area contributed by atoms with Crippen molar-refractivity contribution in [2.75, 3.05) is 6.54 Å². The van der Waals surface area contributed by atoms with E-state index < -0.39 is 24.0 Å². The maximum atomic E-state index is 12.3. The summed E-state index contributed by atoms with van der Waals surface area (Å²) in [6, 6.07) is 3.35. The second-order valence-corrected chi connectivity index (χ2v) is 5.17. The molecule has 0 aromatic heterocycles. The van der Waals surface area contributed by atoms with Crippen LogP contribution in [-0.2, 0) is 4.79 Å². The SMILES string of the molecule is O=C(O)[C@H]1C[C@@H](O)CN1C(=O)c1cc(Cl)ccc1Cl. The Morgan fingerprint density at radius 1 is 1.32 bits per heavy atom. The second-order valence-electron chi connectivity index (χ2n) is 4.33. The summed E-state index contributed by atoms with van der Waals surface area (Å²) in [7, 11) is 0. The zero-order valence-electron chi connectivity index (χ0n) is 9.72. The number of carboxylic acids is 1. The van der Waals surface area contributed by atoms with Crippen molar-refractivity contribution in [3.8, 4) is 0 Å². The van der Waals surface area contributed by atoms with Crippen LogP contribution in [0.3, 0.4) is 0 Å². The Bertz CT molecular complexity index is 534.